The third-order valence-corrected chi connectivity index (χ3v) is 1.85. The molecule has 0 spiro atoms. The van der Waals surface area contributed by atoms with Crippen LogP contribution in [-0.4, -0.2) is 24.9 Å². The molecule has 0 aliphatic heterocycles. The summed E-state index contributed by atoms with van der Waals surface area (Å²) < 4.78 is 0. The van der Waals surface area contributed by atoms with Crippen LogP contribution in [0.5, 0.6) is 0 Å². The summed E-state index contributed by atoms with van der Waals surface area (Å²) in [5.41, 5.74) is 1.23. The summed E-state index contributed by atoms with van der Waals surface area (Å²) >= 11 is 0. The number of Topliss-reactive ketones (excluding diaryl/α,β-unsaturated/α-hetero) is 1. The van der Waals surface area contributed by atoms with Crippen LogP contribution in [0.4, 0.5) is 0 Å². The molecule has 4 heteroatoms. The minimum Gasteiger partial charge on any atom is -0.398 e. The summed E-state index contributed by atoms with van der Waals surface area (Å²) in [5.74, 6) is -0.438. The predicted octanol–water partition coefficient (Wildman–Crippen LogP) is 1.38. The van der Waals surface area contributed by atoms with E-state index in [1.54, 1.807) is 24.3 Å². The van der Waals surface area contributed by atoms with Gasteiger partial charge in [-0.25, -0.2) is 0 Å². The van der Waals surface area contributed by atoms with Crippen LogP contribution >= 0.6 is 0 Å². The number of carbonyl (C=O) groups is 2. The molecule has 0 aliphatic carbocycles. The van der Waals surface area contributed by atoms with E-state index in [0.717, 1.165) is 5.56 Å². The summed E-state index contributed by atoms with van der Waals surface area (Å²) in [7, 11) is 1.28. The molecule has 0 aliphatic rings. The van der Waals surface area contributed by atoms with E-state index in [-0.39, 0.29) is 5.71 Å². The highest BCUT2D eigenvalue weighted by Gasteiger charge is 2.13. The monoisotopic (exact) mass is 205 g/mol. The Bertz CT molecular complexity index is 393. The maximum Gasteiger partial charge on any atom is 0.218 e. The Hall–Kier alpha value is -1.97. The lowest BCUT2D eigenvalue weighted by molar-refractivity contribution is -0.102. The van der Waals surface area contributed by atoms with E-state index < -0.39 is 5.78 Å². The Labute approximate surface area is 87.5 Å². The van der Waals surface area contributed by atoms with E-state index in [4.69, 9.17) is 0 Å². The highest BCUT2D eigenvalue weighted by molar-refractivity contribution is 6.63. The number of hydrogen-bond donors (Lipinski definition) is 0. The number of ketones is 1. The summed E-state index contributed by atoms with van der Waals surface area (Å²) in [4.78, 5) is 26.6. The van der Waals surface area contributed by atoms with Gasteiger partial charge in [-0.2, -0.15) is 0 Å². The van der Waals surface area contributed by atoms with Crippen molar-refractivity contribution >= 4 is 17.8 Å². The van der Waals surface area contributed by atoms with Crippen molar-refractivity contribution in [3.8, 4) is 0 Å². The highest BCUT2D eigenvalue weighted by atomic mass is 16.6. The topological polar surface area (TPSA) is 55.7 Å². The number of benzene rings is 1. The maximum atomic E-state index is 11.6. The molecule has 0 bridgehead atoms. The Kier molecular flexibility index (Phi) is 3.74. The lowest BCUT2D eigenvalue weighted by Crippen LogP contribution is -2.16. The second-order valence-corrected chi connectivity index (χ2v) is 2.97. The fourth-order valence-corrected chi connectivity index (χ4v) is 1.07. The molecule has 1 aromatic rings. The molecule has 0 aromatic heterocycles. The van der Waals surface area contributed by atoms with E-state index in [2.05, 4.69) is 9.99 Å². The van der Waals surface area contributed by atoms with Gasteiger partial charge < -0.3 is 4.84 Å². The quantitative estimate of drug-likeness (QED) is 0.245. The number of carbonyl (C=O) groups excluding carboxylic acids is 2. The molecule has 0 N–H and O–H groups in total. The van der Waals surface area contributed by atoms with Crippen molar-refractivity contribution in [2.24, 2.45) is 5.16 Å². The summed E-state index contributed by atoms with van der Waals surface area (Å²) in [6, 6.07) is 6.88. The lowest BCUT2D eigenvalue weighted by Gasteiger charge is -1.99. The van der Waals surface area contributed by atoms with Gasteiger partial charge in [-0.3, -0.25) is 9.59 Å². The van der Waals surface area contributed by atoms with Gasteiger partial charge in [0.15, 0.2) is 12.0 Å². The number of rotatable bonds is 4. The van der Waals surface area contributed by atoms with Crippen LogP contribution in [-0.2, 0) is 9.63 Å². The van der Waals surface area contributed by atoms with Gasteiger partial charge in [0, 0.05) is 5.56 Å². The molecular formula is C11H11NO3. The van der Waals surface area contributed by atoms with Crippen LogP contribution in [0.15, 0.2) is 29.4 Å². The SMILES string of the molecule is CO/N=C(/C=O)C(=O)c1ccc(C)cc1. The van der Waals surface area contributed by atoms with Crippen molar-refractivity contribution in [3.63, 3.8) is 0 Å². The van der Waals surface area contributed by atoms with Crippen molar-refractivity contribution in [3.05, 3.63) is 35.4 Å². The Balaban J connectivity index is 2.98. The van der Waals surface area contributed by atoms with Gasteiger partial charge in [0.25, 0.3) is 0 Å². The fourth-order valence-electron chi connectivity index (χ4n) is 1.07. The van der Waals surface area contributed by atoms with Gasteiger partial charge in [0.2, 0.25) is 5.78 Å². The van der Waals surface area contributed by atoms with Crippen LogP contribution in [0.3, 0.4) is 0 Å². The zero-order chi connectivity index (χ0) is 11.3. The molecule has 0 saturated heterocycles. The molecule has 0 unspecified atom stereocenters. The first-order valence-electron chi connectivity index (χ1n) is 4.36. The fraction of sp³-hybridized carbons (Fsp3) is 0.182. The maximum absolute atomic E-state index is 11.6. The second-order valence-electron chi connectivity index (χ2n) is 2.97. The first kappa shape index (κ1) is 11.1. The zero-order valence-corrected chi connectivity index (χ0v) is 8.56. The molecule has 0 heterocycles. The molecule has 0 saturated carbocycles. The number of hydrogen-bond acceptors (Lipinski definition) is 4. The largest absolute Gasteiger partial charge is 0.398 e. The zero-order valence-electron chi connectivity index (χ0n) is 8.56. The van der Waals surface area contributed by atoms with Gasteiger partial charge in [-0.15, -0.1) is 0 Å². The van der Waals surface area contributed by atoms with Gasteiger partial charge in [-0.1, -0.05) is 35.0 Å². The van der Waals surface area contributed by atoms with Crippen molar-refractivity contribution < 1.29 is 14.4 Å². The number of aldehydes is 1. The minimum absolute atomic E-state index is 0.235. The van der Waals surface area contributed by atoms with Gasteiger partial charge in [0.1, 0.15) is 7.11 Å². The van der Waals surface area contributed by atoms with E-state index in [0.29, 0.717) is 11.8 Å². The van der Waals surface area contributed by atoms with E-state index in [1.807, 2.05) is 6.92 Å². The van der Waals surface area contributed by atoms with E-state index in [1.165, 1.54) is 7.11 Å². The molecule has 15 heavy (non-hydrogen) atoms. The lowest BCUT2D eigenvalue weighted by atomic mass is 10.1. The number of oxime groups is 1. The predicted molar refractivity (Wildman–Crippen MR) is 56.0 cm³/mol. The average Bonchev–Trinajstić information content (AvgIpc) is 2.26. The van der Waals surface area contributed by atoms with Crippen LogP contribution < -0.4 is 0 Å². The number of nitrogens with zero attached hydrogens (tertiary/aromatic N) is 1. The van der Waals surface area contributed by atoms with Gasteiger partial charge >= 0.3 is 0 Å². The Morgan fingerprint density at radius 3 is 2.40 bits per heavy atom. The van der Waals surface area contributed by atoms with Crippen LogP contribution in [0.25, 0.3) is 0 Å². The van der Waals surface area contributed by atoms with Crippen molar-refractivity contribution in [1.29, 1.82) is 0 Å². The molecule has 4 nitrogen and oxygen atoms in total. The summed E-state index contributed by atoms with van der Waals surface area (Å²) in [6.45, 7) is 1.91. The van der Waals surface area contributed by atoms with Crippen LogP contribution in [0.1, 0.15) is 15.9 Å². The highest BCUT2D eigenvalue weighted by Crippen LogP contribution is 2.04. The smallest absolute Gasteiger partial charge is 0.218 e. The van der Waals surface area contributed by atoms with Crippen molar-refractivity contribution in [2.75, 3.05) is 7.11 Å². The van der Waals surface area contributed by atoms with Crippen molar-refractivity contribution in [1.82, 2.24) is 0 Å². The summed E-state index contributed by atoms with van der Waals surface area (Å²) in [5, 5.41) is 3.34. The normalized spacial score (nSPS) is 10.9. The molecule has 0 radical (unpaired) electrons. The molecule has 78 valence electrons. The summed E-state index contributed by atoms with van der Waals surface area (Å²) in [6.07, 6.45) is 0.381. The third kappa shape index (κ3) is 2.74. The molecule has 0 amide bonds. The molecule has 0 fully saturated rings. The number of aryl methyl sites for hydroxylation is 1. The Morgan fingerprint density at radius 1 is 1.33 bits per heavy atom. The first-order chi connectivity index (χ1) is 7.19. The second kappa shape index (κ2) is 5.05. The van der Waals surface area contributed by atoms with E-state index >= 15 is 0 Å². The minimum atomic E-state index is -0.438. The standard InChI is InChI=1S/C11H11NO3/c1-8-3-5-9(6-4-8)11(14)10(7-13)12-15-2/h3-7H,1-2H3/b12-10-. The van der Waals surface area contributed by atoms with E-state index in [9.17, 15) is 9.59 Å². The van der Waals surface area contributed by atoms with Gasteiger partial charge in [0.05, 0.1) is 0 Å². The van der Waals surface area contributed by atoms with Crippen molar-refractivity contribution in [2.45, 2.75) is 6.92 Å². The molecule has 1 rings (SSSR count). The molecule has 1 aromatic carbocycles. The van der Waals surface area contributed by atoms with Gasteiger partial charge in [-0.05, 0) is 6.92 Å². The average molecular weight is 205 g/mol. The van der Waals surface area contributed by atoms with Crippen LogP contribution in [0.2, 0.25) is 0 Å². The molecular weight excluding hydrogens is 194 g/mol. The molecule has 0 atom stereocenters. The van der Waals surface area contributed by atoms with Crippen LogP contribution in [0, 0.1) is 6.92 Å². The Morgan fingerprint density at radius 2 is 1.93 bits per heavy atom. The third-order valence-electron chi connectivity index (χ3n) is 1.85. The first-order valence-corrected chi connectivity index (χ1v) is 4.36.